The molecule has 0 spiro atoms. The molecule has 2 aromatic heterocycles. The molecule has 0 aromatic carbocycles. The summed E-state index contributed by atoms with van der Waals surface area (Å²) in [7, 11) is 0. The summed E-state index contributed by atoms with van der Waals surface area (Å²) >= 11 is 7.50. The number of carbonyl (C=O) groups excluding carboxylic acids is 1. The van der Waals surface area contributed by atoms with Crippen molar-refractivity contribution in [2.75, 3.05) is 13.1 Å². The Hall–Kier alpha value is -1.48. The number of aliphatic hydroxyl groups excluding tert-OH is 1. The van der Waals surface area contributed by atoms with E-state index in [-0.39, 0.29) is 18.5 Å². The third-order valence-corrected chi connectivity index (χ3v) is 5.08. The number of likely N-dealkylation sites (tertiary alicyclic amines) is 1. The highest BCUT2D eigenvalue weighted by Gasteiger charge is 2.29. The molecular weight excluding hydrogens is 350 g/mol. The van der Waals surface area contributed by atoms with E-state index in [2.05, 4.69) is 20.3 Å². The zero-order chi connectivity index (χ0) is 17.1. The van der Waals surface area contributed by atoms with Gasteiger partial charge in [-0.15, -0.1) is 11.3 Å². The first-order valence-corrected chi connectivity index (χ1v) is 9.09. The van der Waals surface area contributed by atoms with E-state index in [1.807, 2.05) is 10.9 Å². The molecule has 1 aliphatic heterocycles. The van der Waals surface area contributed by atoms with Crippen molar-refractivity contribution in [3.05, 3.63) is 33.5 Å². The molecule has 0 bridgehead atoms. The molecule has 1 fully saturated rings. The molecule has 0 aliphatic carbocycles. The number of hydrogen-bond acceptors (Lipinski definition) is 6. The van der Waals surface area contributed by atoms with Crippen LogP contribution in [0, 0.1) is 6.92 Å². The highest BCUT2D eigenvalue weighted by atomic mass is 35.5. The number of rotatable bonds is 5. The molecule has 0 radical (unpaired) electrons. The van der Waals surface area contributed by atoms with Gasteiger partial charge in [-0.3, -0.25) is 14.4 Å². The van der Waals surface area contributed by atoms with Gasteiger partial charge in [0.05, 0.1) is 34.1 Å². The maximum Gasteiger partial charge on any atom is 0.242 e. The van der Waals surface area contributed by atoms with Gasteiger partial charge in [0, 0.05) is 31.2 Å². The number of aliphatic hydroxyl groups is 1. The summed E-state index contributed by atoms with van der Waals surface area (Å²) in [6.07, 6.45) is 1.74. The van der Waals surface area contributed by atoms with Crippen molar-refractivity contribution < 1.29 is 9.90 Å². The lowest BCUT2D eigenvalue weighted by atomic mass is 10.0. The van der Waals surface area contributed by atoms with Crippen LogP contribution < -0.4 is 5.32 Å². The van der Waals surface area contributed by atoms with Gasteiger partial charge in [-0.2, -0.15) is 5.10 Å². The van der Waals surface area contributed by atoms with Crippen molar-refractivity contribution in [2.24, 2.45) is 0 Å². The fourth-order valence-electron chi connectivity index (χ4n) is 2.83. The Morgan fingerprint density at radius 3 is 3.04 bits per heavy atom. The van der Waals surface area contributed by atoms with Gasteiger partial charge in [0.15, 0.2) is 0 Å². The molecule has 0 saturated carbocycles. The van der Waals surface area contributed by atoms with E-state index in [4.69, 9.17) is 11.6 Å². The number of amides is 1. The van der Waals surface area contributed by atoms with E-state index in [0.717, 1.165) is 18.8 Å². The first-order valence-electron chi connectivity index (χ1n) is 7.77. The average Bonchev–Trinajstić information content (AvgIpc) is 3.12. The number of nitrogens with one attached hydrogen (secondary N) is 1. The average molecular weight is 370 g/mol. The molecule has 1 aliphatic rings. The Kier molecular flexibility index (Phi) is 5.50. The third-order valence-electron chi connectivity index (χ3n) is 4.07. The first-order chi connectivity index (χ1) is 11.5. The molecule has 2 N–H and O–H groups in total. The lowest BCUT2D eigenvalue weighted by Gasteiger charge is -2.35. The van der Waals surface area contributed by atoms with E-state index < -0.39 is 6.10 Å². The minimum absolute atomic E-state index is 0.0965. The summed E-state index contributed by atoms with van der Waals surface area (Å²) in [6.45, 7) is 3.95. The molecule has 130 valence electrons. The number of β-amino-alcohol motifs (C(OH)–C–C–N with tert-alkyl or cyclic N) is 1. The van der Waals surface area contributed by atoms with Crippen LogP contribution in [0.25, 0.3) is 0 Å². The van der Waals surface area contributed by atoms with Gasteiger partial charge in [0.25, 0.3) is 0 Å². The SMILES string of the molecule is Cc1nn(CC(=O)N[C@H]2CCN(Cc3cscn3)C[C@@H]2O)cc1Cl. The van der Waals surface area contributed by atoms with Crippen LogP contribution in [0.5, 0.6) is 0 Å². The molecule has 3 rings (SSSR count). The molecule has 7 nitrogen and oxygen atoms in total. The fraction of sp³-hybridized carbons (Fsp3) is 0.533. The second-order valence-corrected chi connectivity index (χ2v) is 7.13. The topological polar surface area (TPSA) is 83.3 Å². The van der Waals surface area contributed by atoms with Crippen molar-refractivity contribution >= 4 is 28.8 Å². The van der Waals surface area contributed by atoms with Crippen molar-refractivity contribution in [3.8, 4) is 0 Å². The van der Waals surface area contributed by atoms with Crippen LogP contribution in [0.1, 0.15) is 17.8 Å². The van der Waals surface area contributed by atoms with Gasteiger partial charge < -0.3 is 10.4 Å². The number of nitrogens with zero attached hydrogens (tertiary/aromatic N) is 4. The van der Waals surface area contributed by atoms with Crippen molar-refractivity contribution in [2.45, 2.75) is 38.6 Å². The van der Waals surface area contributed by atoms with Crippen molar-refractivity contribution in [1.82, 2.24) is 25.0 Å². The van der Waals surface area contributed by atoms with Crippen LogP contribution in [-0.2, 0) is 17.9 Å². The van der Waals surface area contributed by atoms with Gasteiger partial charge in [0.1, 0.15) is 6.54 Å². The van der Waals surface area contributed by atoms with Gasteiger partial charge >= 0.3 is 0 Å². The Morgan fingerprint density at radius 1 is 1.58 bits per heavy atom. The van der Waals surface area contributed by atoms with Crippen LogP contribution in [0.15, 0.2) is 17.1 Å². The van der Waals surface area contributed by atoms with E-state index in [0.29, 0.717) is 23.7 Å². The van der Waals surface area contributed by atoms with Crippen LogP contribution in [0.3, 0.4) is 0 Å². The quantitative estimate of drug-likeness (QED) is 0.823. The number of halogens is 1. The second kappa shape index (κ2) is 7.60. The summed E-state index contributed by atoms with van der Waals surface area (Å²) in [6, 6.07) is -0.240. The highest BCUT2D eigenvalue weighted by molar-refractivity contribution is 7.07. The van der Waals surface area contributed by atoms with Gasteiger partial charge in [-0.05, 0) is 13.3 Å². The zero-order valence-corrected chi connectivity index (χ0v) is 14.9. The molecule has 1 saturated heterocycles. The van der Waals surface area contributed by atoms with E-state index in [1.165, 1.54) is 4.68 Å². The summed E-state index contributed by atoms with van der Waals surface area (Å²) in [5.74, 6) is -0.175. The van der Waals surface area contributed by atoms with Crippen molar-refractivity contribution in [3.63, 3.8) is 0 Å². The number of piperidine rings is 1. The van der Waals surface area contributed by atoms with Crippen LogP contribution in [0.2, 0.25) is 5.02 Å². The maximum absolute atomic E-state index is 12.1. The summed E-state index contributed by atoms with van der Waals surface area (Å²) < 4.78 is 1.51. The standard InChI is InChI=1S/C15H20ClN5O2S/c1-10-12(16)5-21(19-10)7-15(23)18-13-2-3-20(6-14(13)22)4-11-8-24-9-17-11/h5,8-9,13-14,22H,2-4,6-7H2,1H3,(H,18,23)/t13-,14-/m0/s1. The molecular formula is C15H20ClN5O2S. The van der Waals surface area contributed by atoms with E-state index in [1.54, 1.807) is 24.5 Å². The smallest absolute Gasteiger partial charge is 0.242 e. The number of aromatic nitrogens is 3. The molecule has 1 amide bonds. The van der Waals surface area contributed by atoms with Crippen LogP contribution >= 0.6 is 22.9 Å². The molecule has 2 atom stereocenters. The Balaban J connectivity index is 1.48. The minimum Gasteiger partial charge on any atom is -0.390 e. The predicted octanol–water partition coefficient (Wildman–Crippen LogP) is 1.05. The number of hydrogen-bond donors (Lipinski definition) is 2. The third kappa shape index (κ3) is 4.32. The maximum atomic E-state index is 12.1. The van der Waals surface area contributed by atoms with E-state index >= 15 is 0 Å². The normalized spacial score (nSPS) is 21.8. The summed E-state index contributed by atoms with van der Waals surface area (Å²) in [5.41, 5.74) is 3.52. The van der Waals surface area contributed by atoms with Gasteiger partial charge in [0.2, 0.25) is 5.91 Å². The molecule has 2 aromatic rings. The predicted molar refractivity (Wildman–Crippen MR) is 91.9 cm³/mol. The largest absolute Gasteiger partial charge is 0.390 e. The number of thiazole rings is 1. The lowest BCUT2D eigenvalue weighted by molar-refractivity contribution is -0.124. The first kappa shape index (κ1) is 17.3. The molecule has 0 unspecified atom stereocenters. The lowest BCUT2D eigenvalue weighted by Crippen LogP contribution is -2.54. The van der Waals surface area contributed by atoms with Gasteiger partial charge in [-0.25, -0.2) is 4.98 Å². The second-order valence-electron chi connectivity index (χ2n) is 6.00. The van der Waals surface area contributed by atoms with Gasteiger partial charge in [-0.1, -0.05) is 11.6 Å². The Bertz CT molecular complexity index is 671. The Morgan fingerprint density at radius 2 is 2.42 bits per heavy atom. The highest BCUT2D eigenvalue weighted by Crippen LogP contribution is 2.15. The fourth-order valence-corrected chi connectivity index (χ4v) is 3.53. The van der Waals surface area contributed by atoms with Crippen LogP contribution in [-0.4, -0.2) is 55.9 Å². The molecule has 9 heteroatoms. The monoisotopic (exact) mass is 369 g/mol. The number of carbonyl (C=O) groups is 1. The van der Waals surface area contributed by atoms with Crippen molar-refractivity contribution in [1.29, 1.82) is 0 Å². The summed E-state index contributed by atoms with van der Waals surface area (Å²) in [5, 5.41) is 19.9. The number of aryl methyl sites for hydroxylation is 1. The Labute approximate surface area is 149 Å². The zero-order valence-electron chi connectivity index (χ0n) is 13.4. The molecule has 24 heavy (non-hydrogen) atoms. The van der Waals surface area contributed by atoms with E-state index in [9.17, 15) is 9.90 Å². The summed E-state index contributed by atoms with van der Waals surface area (Å²) in [4.78, 5) is 18.6. The molecule has 3 heterocycles. The minimum atomic E-state index is -0.593. The van der Waals surface area contributed by atoms with Crippen LogP contribution in [0.4, 0.5) is 0 Å².